The molecule has 0 N–H and O–H groups in total. The van der Waals surface area contributed by atoms with Crippen LogP contribution in [0.3, 0.4) is 0 Å². The van der Waals surface area contributed by atoms with Crippen LogP contribution in [0.25, 0.3) is 0 Å². The van der Waals surface area contributed by atoms with Crippen molar-refractivity contribution >= 4 is 10.0 Å². The van der Waals surface area contributed by atoms with Gasteiger partial charge in [-0.15, -0.1) is 0 Å². The first-order chi connectivity index (χ1) is 8.46. The first-order valence-corrected chi connectivity index (χ1v) is 7.57. The van der Waals surface area contributed by atoms with Crippen molar-refractivity contribution in [2.24, 2.45) is 18.9 Å². The zero-order valence-electron chi connectivity index (χ0n) is 10.7. The van der Waals surface area contributed by atoms with Crippen molar-refractivity contribution in [2.45, 2.75) is 5.03 Å². The summed E-state index contributed by atoms with van der Waals surface area (Å²) in [5.41, 5.74) is 0. The molecule has 2 saturated heterocycles. The number of hydrogen-bond acceptors (Lipinski definition) is 4. The third-order valence-corrected chi connectivity index (χ3v) is 5.64. The number of nitrogens with zero attached hydrogens (tertiary/aromatic N) is 4. The molecule has 3 heterocycles. The van der Waals surface area contributed by atoms with Crippen molar-refractivity contribution in [3.05, 3.63) is 12.5 Å². The molecular weight excluding hydrogens is 252 g/mol. The average Bonchev–Trinajstić information content (AvgIpc) is 2.91. The molecule has 1 aromatic rings. The fraction of sp³-hybridized carbons (Fsp3) is 0.727. The van der Waals surface area contributed by atoms with E-state index in [1.54, 1.807) is 22.1 Å². The number of hydrogen-bond donors (Lipinski definition) is 0. The fourth-order valence-electron chi connectivity index (χ4n) is 3.04. The van der Waals surface area contributed by atoms with E-state index in [2.05, 4.69) is 16.9 Å². The van der Waals surface area contributed by atoms with Crippen molar-refractivity contribution < 1.29 is 8.42 Å². The second-order valence-electron chi connectivity index (χ2n) is 5.44. The highest BCUT2D eigenvalue weighted by atomic mass is 32.2. The van der Waals surface area contributed by atoms with E-state index < -0.39 is 10.0 Å². The van der Waals surface area contributed by atoms with Gasteiger partial charge in [0.15, 0.2) is 5.03 Å². The SMILES string of the molecule is CN1CC2CN(S(=O)(=O)c3cn(C)cn3)CC2C1. The van der Waals surface area contributed by atoms with Gasteiger partial charge in [0.1, 0.15) is 0 Å². The first-order valence-electron chi connectivity index (χ1n) is 6.13. The van der Waals surface area contributed by atoms with Crippen LogP contribution >= 0.6 is 0 Å². The summed E-state index contributed by atoms with van der Waals surface area (Å²) < 4.78 is 28.1. The van der Waals surface area contributed by atoms with Crippen molar-refractivity contribution in [3.63, 3.8) is 0 Å². The number of aryl methyl sites for hydroxylation is 1. The third-order valence-electron chi connectivity index (χ3n) is 3.92. The molecule has 1 aromatic heterocycles. The van der Waals surface area contributed by atoms with E-state index in [4.69, 9.17) is 0 Å². The molecule has 3 rings (SSSR count). The van der Waals surface area contributed by atoms with E-state index in [1.165, 1.54) is 6.33 Å². The Morgan fingerprint density at radius 3 is 2.28 bits per heavy atom. The molecule has 0 amide bonds. The van der Waals surface area contributed by atoms with Crippen LogP contribution in [0.5, 0.6) is 0 Å². The highest BCUT2D eigenvalue weighted by Gasteiger charge is 2.43. The lowest BCUT2D eigenvalue weighted by atomic mass is 10.0. The molecule has 2 aliphatic heterocycles. The Labute approximate surface area is 107 Å². The van der Waals surface area contributed by atoms with Crippen LogP contribution in [0.15, 0.2) is 17.6 Å². The van der Waals surface area contributed by atoms with Crippen LogP contribution < -0.4 is 0 Å². The highest BCUT2D eigenvalue weighted by Crippen LogP contribution is 2.33. The largest absolute Gasteiger partial charge is 0.339 e. The standard InChI is InChI=1S/C11H18N4O2S/c1-13-3-9-5-15(6-10(9)4-13)18(16,17)11-7-14(2)8-12-11/h7-10H,3-6H2,1-2H3. The maximum atomic E-state index is 12.4. The lowest BCUT2D eigenvalue weighted by molar-refractivity contribution is 0.349. The smallest absolute Gasteiger partial charge is 0.262 e. The van der Waals surface area contributed by atoms with Crippen LogP contribution in [0.4, 0.5) is 0 Å². The first kappa shape index (κ1) is 12.1. The average molecular weight is 270 g/mol. The van der Waals surface area contributed by atoms with Crippen LogP contribution in [-0.2, 0) is 17.1 Å². The molecule has 0 saturated carbocycles. The number of imidazole rings is 1. The van der Waals surface area contributed by atoms with E-state index in [-0.39, 0.29) is 5.03 Å². The quantitative estimate of drug-likeness (QED) is 0.734. The van der Waals surface area contributed by atoms with Gasteiger partial charge in [0, 0.05) is 39.4 Å². The van der Waals surface area contributed by atoms with Crippen molar-refractivity contribution in [3.8, 4) is 0 Å². The van der Waals surface area contributed by atoms with Crippen LogP contribution in [0.2, 0.25) is 0 Å². The maximum Gasteiger partial charge on any atom is 0.262 e. The minimum Gasteiger partial charge on any atom is -0.339 e. The van der Waals surface area contributed by atoms with Gasteiger partial charge in [-0.25, -0.2) is 13.4 Å². The number of sulfonamides is 1. The summed E-state index contributed by atoms with van der Waals surface area (Å²) in [6, 6.07) is 0. The van der Waals surface area contributed by atoms with Gasteiger partial charge in [-0.05, 0) is 18.9 Å². The van der Waals surface area contributed by atoms with Gasteiger partial charge >= 0.3 is 0 Å². The third kappa shape index (κ3) is 1.86. The summed E-state index contributed by atoms with van der Waals surface area (Å²) in [5, 5.41) is 0.165. The van der Waals surface area contributed by atoms with Crippen LogP contribution in [0.1, 0.15) is 0 Å². The zero-order valence-corrected chi connectivity index (χ0v) is 11.5. The normalized spacial score (nSPS) is 29.9. The van der Waals surface area contributed by atoms with Gasteiger partial charge in [0.25, 0.3) is 10.0 Å². The summed E-state index contributed by atoms with van der Waals surface area (Å²) in [6.07, 6.45) is 3.09. The molecule has 100 valence electrons. The lowest BCUT2D eigenvalue weighted by Gasteiger charge is -2.17. The van der Waals surface area contributed by atoms with Gasteiger partial charge in [-0.1, -0.05) is 0 Å². The van der Waals surface area contributed by atoms with E-state index in [1.807, 2.05) is 0 Å². The van der Waals surface area contributed by atoms with Gasteiger partial charge in [0.2, 0.25) is 0 Å². The Balaban J connectivity index is 1.81. The van der Waals surface area contributed by atoms with Gasteiger partial charge in [-0.2, -0.15) is 4.31 Å². The molecule has 7 heteroatoms. The highest BCUT2D eigenvalue weighted by molar-refractivity contribution is 7.89. The second kappa shape index (κ2) is 4.04. The van der Waals surface area contributed by atoms with E-state index in [0.29, 0.717) is 24.9 Å². The van der Waals surface area contributed by atoms with E-state index in [0.717, 1.165) is 13.1 Å². The van der Waals surface area contributed by atoms with Crippen molar-refractivity contribution in [2.75, 3.05) is 33.2 Å². The molecule has 2 atom stereocenters. The maximum absolute atomic E-state index is 12.4. The van der Waals surface area contributed by atoms with Crippen molar-refractivity contribution in [1.82, 2.24) is 18.8 Å². The van der Waals surface area contributed by atoms with Gasteiger partial charge < -0.3 is 9.47 Å². The lowest BCUT2D eigenvalue weighted by Crippen LogP contribution is -2.32. The summed E-state index contributed by atoms with van der Waals surface area (Å²) in [4.78, 5) is 6.24. The molecule has 2 fully saturated rings. The van der Waals surface area contributed by atoms with Gasteiger partial charge in [-0.3, -0.25) is 0 Å². The molecule has 0 bridgehead atoms. The Morgan fingerprint density at radius 1 is 1.17 bits per heavy atom. The number of aromatic nitrogens is 2. The summed E-state index contributed by atoms with van der Waals surface area (Å²) >= 11 is 0. The van der Waals surface area contributed by atoms with Crippen molar-refractivity contribution in [1.29, 1.82) is 0 Å². The molecule has 0 spiro atoms. The van der Waals surface area contributed by atoms with E-state index >= 15 is 0 Å². The summed E-state index contributed by atoms with van der Waals surface area (Å²) in [7, 11) is 0.476. The molecular formula is C11H18N4O2S. The predicted molar refractivity (Wildman–Crippen MR) is 66.4 cm³/mol. The molecule has 2 unspecified atom stereocenters. The minimum absolute atomic E-state index is 0.165. The Morgan fingerprint density at radius 2 is 1.78 bits per heavy atom. The van der Waals surface area contributed by atoms with E-state index in [9.17, 15) is 8.42 Å². The Kier molecular flexibility index (Phi) is 2.72. The summed E-state index contributed by atoms with van der Waals surface area (Å²) in [6.45, 7) is 3.26. The van der Waals surface area contributed by atoms with Crippen LogP contribution in [-0.4, -0.2) is 60.4 Å². The number of rotatable bonds is 2. The molecule has 6 nitrogen and oxygen atoms in total. The Bertz CT molecular complexity index is 539. The Hall–Kier alpha value is -0.920. The number of fused-ring (bicyclic) bond motifs is 1. The zero-order chi connectivity index (χ0) is 12.9. The second-order valence-corrected chi connectivity index (χ2v) is 7.33. The molecule has 0 aromatic carbocycles. The molecule has 2 aliphatic rings. The molecule has 0 radical (unpaired) electrons. The fourth-order valence-corrected chi connectivity index (χ4v) is 4.55. The number of likely N-dealkylation sites (tertiary alicyclic amines) is 1. The molecule has 0 aliphatic carbocycles. The summed E-state index contributed by atoms with van der Waals surface area (Å²) in [5.74, 6) is 0.960. The monoisotopic (exact) mass is 270 g/mol. The predicted octanol–water partition coefficient (Wildman–Crippen LogP) is -0.398. The topological polar surface area (TPSA) is 58.4 Å². The molecule has 18 heavy (non-hydrogen) atoms. The van der Waals surface area contributed by atoms with Crippen LogP contribution in [0, 0.1) is 11.8 Å². The minimum atomic E-state index is -3.39. The van der Waals surface area contributed by atoms with Gasteiger partial charge in [0.05, 0.1) is 6.33 Å².